The fourth-order valence-electron chi connectivity index (χ4n) is 4.13. The van der Waals surface area contributed by atoms with E-state index in [1.165, 1.54) is 7.05 Å². The van der Waals surface area contributed by atoms with Crippen molar-refractivity contribution in [3.8, 4) is 11.1 Å². The van der Waals surface area contributed by atoms with E-state index in [-0.39, 0.29) is 18.9 Å². The first-order valence-electron chi connectivity index (χ1n) is 10.8. The van der Waals surface area contributed by atoms with Gasteiger partial charge in [-0.2, -0.15) is 0 Å². The quantitative estimate of drug-likeness (QED) is 0.420. The molecule has 9 nitrogen and oxygen atoms in total. The number of likely N-dealkylation sites (N-methyl/N-ethyl adjacent to an activating group) is 1. The number of rotatable bonds is 9. The van der Waals surface area contributed by atoms with Crippen molar-refractivity contribution in [2.24, 2.45) is 0 Å². The average molecular weight is 463 g/mol. The van der Waals surface area contributed by atoms with Crippen molar-refractivity contribution >= 4 is 18.0 Å². The number of hydrogen-bond donors (Lipinski definition) is 3. The van der Waals surface area contributed by atoms with E-state index in [1.54, 1.807) is 18.3 Å². The van der Waals surface area contributed by atoms with Crippen LogP contribution in [-0.2, 0) is 25.6 Å². The lowest BCUT2D eigenvalue weighted by Gasteiger charge is -2.23. The predicted molar refractivity (Wildman–Crippen MR) is 123 cm³/mol. The highest BCUT2D eigenvalue weighted by molar-refractivity contribution is 5.85. The van der Waals surface area contributed by atoms with Crippen LogP contribution in [0.1, 0.15) is 22.7 Å². The van der Waals surface area contributed by atoms with Gasteiger partial charge in [0.1, 0.15) is 12.6 Å². The Bertz CT molecular complexity index is 1130. The Labute approximate surface area is 196 Å². The highest BCUT2D eigenvalue weighted by Gasteiger charge is 2.30. The van der Waals surface area contributed by atoms with Crippen LogP contribution in [0.15, 0.2) is 66.9 Å². The highest BCUT2D eigenvalue weighted by atomic mass is 16.7. The zero-order valence-corrected chi connectivity index (χ0v) is 18.6. The van der Waals surface area contributed by atoms with Crippen molar-refractivity contribution in [3.63, 3.8) is 0 Å². The molecule has 34 heavy (non-hydrogen) atoms. The van der Waals surface area contributed by atoms with E-state index in [4.69, 9.17) is 14.7 Å². The van der Waals surface area contributed by atoms with Crippen molar-refractivity contribution in [1.82, 2.24) is 15.4 Å². The maximum atomic E-state index is 12.8. The SMILES string of the molecule is CN(OCC(=O)O)C(=O)C(Cc1ccc[nH]1)NC(=O)OCC1c2ccccc2-c2ccccc21. The molecule has 1 aliphatic carbocycles. The van der Waals surface area contributed by atoms with E-state index >= 15 is 0 Å². The molecule has 3 N–H and O–H groups in total. The molecule has 0 spiro atoms. The first-order valence-corrected chi connectivity index (χ1v) is 10.8. The lowest BCUT2D eigenvalue weighted by molar-refractivity contribution is -0.187. The summed E-state index contributed by atoms with van der Waals surface area (Å²) in [6.45, 7) is -0.572. The summed E-state index contributed by atoms with van der Waals surface area (Å²) in [6, 6.07) is 18.5. The van der Waals surface area contributed by atoms with E-state index in [2.05, 4.69) is 10.3 Å². The molecule has 1 heterocycles. The number of hydrogen-bond acceptors (Lipinski definition) is 5. The number of hydroxylamine groups is 2. The number of benzene rings is 2. The van der Waals surface area contributed by atoms with Crippen LogP contribution in [-0.4, -0.2) is 59.4 Å². The first-order chi connectivity index (χ1) is 16.4. The van der Waals surface area contributed by atoms with E-state index in [9.17, 15) is 14.4 Å². The Morgan fingerprint density at radius 2 is 1.68 bits per heavy atom. The van der Waals surface area contributed by atoms with Gasteiger partial charge in [-0.1, -0.05) is 48.5 Å². The molecule has 1 aromatic heterocycles. The zero-order chi connectivity index (χ0) is 24.1. The smallest absolute Gasteiger partial charge is 0.407 e. The van der Waals surface area contributed by atoms with Crippen LogP contribution in [0.5, 0.6) is 0 Å². The number of ether oxygens (including phenoxy) is 1. The minimum absolute atomic E-state index is 0.106. The standard InChI is InChI=1S/C25H25N3O6/c1-28(34-15-23(29)30)24(31)22(13-16-7-6-12-26-16)27-25(32)33-14-21-19-10-4-2-8-17(19)18-9-3-5-11-20(18)21/h2-12,21-22,26H,13-15H2,1H3,(H,27,32)(H,29,30). The molecule has 176 valence electrons. The van der Waals surface area contributed by atoms with Crippen molar-refractivity contribution in [1.29, 1.82) is 0 Å². The van der Waals surface area contributed by atoms with Gasteiger partial charge in [-0.05, 0) is 34.4 Å². The lowest BCUT2D eigenvalue weighted by Crippen LogP contribution is -2.49. The van der Waals surface area contributed by atoms with E-state index in [0.29, 0.717) is 5.69 Å². The number of carboxylic acids is 1. The van der Waals surface area contributed by atoms with Gasteiger partial charge in [0.25, 0.3) is 5.91 Å². The number of nitrogens with zero attached hydrogens (tertiary/aromatic N) is 1. The Hall–Kier alpha value is -4.11. The predicted octanol–water partition coefficient (Wildman–Crippen LogP) is 2.94. The number of aromatic nitrogens is 1. The monoisotopic (exact) mass is 463 g/mol. The topological polar surface area (TPSA) is 121 Å². The van der Waals surface area contributed by atoms with Crippen molar-refractivity contribution in [3.05, 3.63) is 83.7 Å². The molecule has 0 saturated carbocycles. The van der Waals surface area contributed by atoms with Crippen LogP contribution >= 0.6 is 0 Å². The van der Waals surface area contributed by atoms with Gasteiger partial charge in [-0.3, -0.25) is 9.63 Å². The van der Waals surface area contributed by atoms with Crippen molar-refractivity contribution < 1.29 is 29.1 Å². The molecule has 0 fully saturated rings. The number of carbonyl (C=O) groups excluding carboxylic acids is 2. The van der Waals surface area contributed by atoms with Crippen LogP contribution < -0.4 is 5.32 Å². The van der Waals surface area contributed by atoms with Gasteiger partial charge in [0.05, 0.1) is 0 Å². The van der Waals surface area contributed by atoms with Gasteiger partial charge < -0.3 is 20.1 Å². The largest absolute Gasteiger partial charge is 0.479 e. The van der Waals surface area contributed by atoms with Crippen molar-refractivity contribution in [2.45, 2.75) is 18.4 Å². The van der Waals surface area contributed by atoms with Gasteiger partial charge in [-0.15, -0.1) is 0 Å². The van der Waals surface area contributed by atoms with E-state index in [1.807, 2.05) is 48.5 Å². The summed E-state index contributed by atoms with van der Waals surface area (Å²) in [6.07, 6.45) is 1.10. The lowest BCUT2D eigenvalue weighted by atomic mass is 9.98. The van der Waals surface area contributed by atoms with Gasteiger partial charge in [-0.25, -0.2) is 14.7 Å². The number of alkyl carbamates (subject to hydrolysis) is 1. The van der Waals surface area contributed by atoms with Gasteiger partial charge in [0, 0.05) is 31.3 Å². The second-order valence-corrected chi connectivity index (χ2v) is 7.92. The first kappa shape index (κ1) is 23.1. The summed E-state index contributed by atoms with van der Waals surface area (Å²) in [4.78, 5) is 44.2. The fourth-order valence-corrected chi connectivity index (χ4v) is 4.13. The van der Waals surface area contributed by atoms with Crippen molar-refractivity contribution in [2.75, 3.05) is 20.3 Å². The number of fused-ring (bicyclic) bond motifs is 3. The summed E-state index contributed by atoms with van der Waals surface area (Å²) in [7, 11) is 1.30. The summed E-state index contributed by atoms with van der Waals surface area (Å²) < 4.78 is 5.55. The molecule has 0 saturated heterocycles. The second kappa shape index (κ2) is 10.2. The molecule has 1 unspecified atom stereocenters. The van der Waals surface area contributed by atoms with E-state index in [0.717, 1.165) is 27.3 Å². The van der Waals surface area contributed by atoms with Gasteiger partial charge in [0.2, 0.25) is 0 Å². The normalized spacial score (nSPS) is 13.0. The Kier molecular flexibility index (Phi) is 6.93. The number of aliphatic carboxylic acids is 1. The molecular weight excluding hydrogens is 438 g/mol. The Morgan fingerprint density at radius 1 is 1.03 bits per heavy atom. The van der Waals surface area contributed by atoms with Crippen LogP contribution in [0, 0.1) is 0 Å². The zero-order valence-electron chi connectivity index (χ0n) is 18.6. The molecule has 0 bridgehead atoms. The number of aromatic amines is 1. The Balaban J connectivity index is 1.44. The number of carboxylic acid groups (broad SMARTS) is 1. The third kappa shape index (κ3) is 5.10. The maximum Gasteiger partial charge on any atom is 0.407 e. The third-order valence-electron chi connectivity index (χ3n) is 5.71. The molecule has 0 aliphatic heterocycles. The van der Waals surface area contributed by atoms with Crippen LogP contribution in [0.25, 0.3) is 11.1 Å². The number of amides is 2. The number of nitrogens with one attached hydrogen (secondary N) is 2. The number of H-pyrrole nitrogens is 1. The molecule has 0 radical (unpaired) electrons. The molecule has 3 aromatic rings. The highest BCUT2D eigenvalue weighted by Crippen LogP contribution is 2.44. The summed E-state index contributed by atoms with van der Waals surface area (Å²) in [5, 5.41) is 12.2. The van der Waals surface area contributed by atoms with E-state index < -0.39 is 30.6 Å². The molecule has 9 heteroatoms. The van der Waals surface area contributed by atoms with Crippen LogP contribution in [0.4, 0.5) is 4.79 Å². The summed E-state index contributed by atoms with van der Waals surface area (Å²) >= 11 is 0. The minimum atomic E-state index is -1.22. The third-order valence-corrected chi connectivity index (χ3v) is 5.71. The minimum Gasteiger partial charge on any atom is -0.479 e. The molecule has 1 atom stereocenters. The summed E-state index contributed by atoms with van der Waals surface area (Å²) in [5.41, 5.74) is 5.10. The van der Waals surface area contributed by atoms with Gasteiger partial charge >= 0.3 is 12.1 Å². The number of carbonyl (C=O) groups is 3. The summed E-state index contributed by atoms with van der Waals surface area (Å²) in [5.74, 6) is -1.94. The molecule has 2 aromatic carbocycles. The van der Waals surface area contributed by atoms with Gasteiger partial charge in [0.15, 0.2) is 6.61 Å². The molecule has 4 rings (SSSR count). The van der Waals surface area contributed by atoms with Crippen LogP contribution in [0.2, 0.25) is 0 Å². The molecule has 1 aliphatic rings. The molecule has 2 amide bonds. The average Bonchev–Trinajstić information content (AvgIpc) is 3.46. The molecular formula is C25H25N3O6. The fraction of sp³-hybridized carbons (Fsp3) is 0.240. The Morgan fingerprint density at radius 3 is 2.26 bits per heavy atom. The second-order valence-electron chi connectivity index (χ2n) is 7.92. The maximum absolute atomic E-state index is 12.8. The van der Waals surface area contributed by atoms with Crippen LogP contribution in [0.3, 0.4) is 0 Å².